The normalized spacial score (nSPS) is 10.8. The van der Waals surface area contributed by atoms with Gasteiger partial charge in [-0.25, -0.2) is 0 Å². The van der Waals surface area contributed by atoms with Gasteiger partial charge in [-0.2, -0.15) is 0 Å². The molecule has 0 aliphatic carbocycles. The second-order valence-corrected chi connectivity index (χ2v) is 5.12. The van der Waals surface area contributed by atoms with Gasteiger partial charge in [-0.05, 0) is 39.5 Å². The molecule has 0 aromatic heterocycles. The molecule has 18 heavy (non-hydrogen) atoms. The molecule has 0 fully saturated rings. The highest BCUT2D eigenvalue weighted by Gasteiger charge is 2.13. The first-order valence-corrected chi connectivity index (χ1v) is 7.05. The van der Waals surface area contributed by atoms with Crippen molar-refractivity contribution in [3.8, 4) is 11.5 Å². The minimum Gasteiger partial charge on any atom is -0.493 e. The second kappa shape index (κ2) is 7.64. The van der Waals surface area contributed by atoms with Crippen LogP contribution in [0.25, 0.3) is 0 Å². The van der Waals surface area contributed by atoms with Gasteiger partial charge in [0.05, 0.1) is 24.8 Å². The van der Waals surface area contributed by atoms with Gasteiger partial charge in [0.1, 0.15) is 0 Å². The average Bonchev–Trinajstić information content (AvgIpc) is 2.40. The van der Waals surface area contributed by atoms with Gasteiger partial charge in [0.25, 0.3) is 0 Å². The fraction of sp³-hybridized carbons (Fsp3) is 0.571. The molecule has 0 amide bonds. The monoisotopic (exact) mass is 316 g/mol. The Bertz CT molecular complexity index is 376. The number of halogens is 1. The summed E-state index contributed by atoms with van der Waals surface area (Å²) in [6.07, 6.45) is 2.20. The van der Waals surface area contributed by atoms with Crippen molar-refractivity contribution in [1.82, 2.24) is 0 Å². The number of hydrogen-bond acceptors (Lipinski definition) is 3. The van der Waals surface area contributed by atoms with Gasteiger partial charge in [-0.1, -0.05) is 26.7 Å². The Morgan fingerprint density at radius 3 is 2.44 bits per heavy atom. The molecule has 0 radical (unpaired) electrons. The maximum Gasteiger partial charge on any atom is 0.175 e. The molecule has 0 atom stereocenters. The highest BCUT2D eigenvalue weighted by atomic mass is 79.9. The number of methoxy groups -OCH3 is 1. The highest BCUT2D eigenvalue weighted by Crippen LogP contribution is 2.37. The van der Waals surface area contributed by atoms with Crippen molar-refractivity contribution < 1.29 is 14.6 Å². The van der Waals surface area contributed by atoms with Crippen LogP contribution in [0, 0.1) is 5.92 Å². The van der Waals surface area contributed by atoms with Gasteiger partial charge in [0.15, 0.2) is 11.5 Å². The van der Waals surface area contributed by atoms with E-state index in [0.717, 1.165) is 22.9 Å². The first-order chi connectivity index (χ1) is 8.65. The van der Waals surface area contributed by atoms with E-state index in [0.29, 0.717) is 24.0 Å². The first kappa shape index (κ1) is 15.3. The summed E-state index contributed by atoms with van der Waals surface area (Å²) in [7, 11) is 1.60. The maximum absolute atomic E-state index is 9.15. The van der Waals surface area contributed by atoms with Crippen LogP contribution in [0.3, 0.4) is 0 Å². The second-order valence-electron chi connectivity index (χ2n) is 4.26. The Kier molecular flexibility index (Phi) is 6.50. The number of hydrogen-bond donors (Lipinski definition) is 1. The Balaban J connectivity index is 2.87. The highest BCUT2D eigenvalue weighted by molar-refractivity contribution is 9.10. The van der Waals surface area contributed by atoms with E-state index < -0.39 is 0 Å². The van der Waals surface area contributed by atoms with Crippen LogP contribution in [-0.4, -0.2) is 18.8 Å². The first-order valence-electron chi connectivity index (χ1n) is 6.26. The predicted octanol–water partition coefficient (Wildman–Crippen LogP) is 3.77. The van der Waals surface area contributed by atoms with E-state index in [2.05, 4.69) is 29.8 Å². The molecule has 1 N–H and O–H groups in total. The van der Waals surface area contributed by atoms with Gasteiger partial charge < -0.3 is 14.6 Å². The average molecular weight is 317 g/mol. The Morgan fingerprint density at radius 1 is 1.28 bits per heavy atom. The lowest BCUT2D eigenvalue weighted by Crippen LogP contribution is -2.11. The van der Waals surface area contributed by atoms with Crippen LogP contribution >= 0.6 is 15.9 Å². The molecule has 0 saturated carbocycles. The van der Waals surface area contributed by atoms with Crippen LogP contribution in [0.15, 0.2) is 16.6 Å². The molecule has 1 rings (SSSR count). The molecule has 0 aliphatic rings. The van der Waals surface area contributed by atoms with E-state index in [1.807, 2.05) is 6.07 Å². The molecule has 1 aromatic rings. The summed E-state index contributed by atoms with van der Waals surface area (Å²) in [6.45, 7) is 5.00. The maximum atomic E-state index is 9.15. The van der Waals surface area contributed by atoms with Crippen molar-refractivity contribution in [3.05, 3.63) is 22.2 Å². The van der Waals surface area contributed by atoms with Crippen LogP contribution in [0.5, 0.6) is 11.5 Å². The third-order valence-electron chi connectivity index (χ3n) is 3.09. The van der Waals surface area contributed by atoms with Crippen molar-refractivity contribution in [2.24, 2.45) is 5.92 Å². The topological polar surface area (TPSA) is 38.7 Å². The zero-order valence-corrected chi connectivity index (χ0v) is 12.8. The predicted molar refractivity (Wildman–Crippen MR) is 76.2 cm³/mol. The van der Waals surface area contributed by atoms with Gasteiger partial charge in [-0.15, -0.1) is 0 Å². The third kappa shape index (κ3) is 3.89. The summed E-state index contributed by atoms with van der Waals surface area (Å²) in [5, 5.41) is 9.15. The molecule has 0 unspecified atom stereocenters. The molecular weight excluding hydrogens is 296 g/mol. The van der Waals surface area contributed by atoms with Crippen LogP contribution in [0.2, 0.25) is 0 Å². The van der Waals surface area contributed by atoms with Gasteiger partial charge in [0.2, 0.25) is 0 Å². The molecule has 0 bridgehead atoms. The molecule has 0 aliphatic heterocycles. The van der Waals surface area contributed by atoms with E-state index in [1.54, 1.807) is 13.2 Å². The molecule has 0 heterocycles. The quantitative estimate of drug-likeness (QED) is 0.832. The minimum atomic E-state index is -0.0121. The van der Waals surface area contributed by atoms with Crippen LogP contribution < -0.4 is 9.47 Å². The van der Waals surface area contributed by atoms with Crippen LogP contribution in [0.4, 0.5) is 0 Å². The SMILES string of the molecule is CCC(CC)COc1c(Br)cc(CO)cc1OC. The van der Waals surface area contributed by atoms with E-state index in [4.69, 9.17) is 14.6 Å². The molecule has 0 saturated heterocycles. The number of benzene rings is 1. The van der Waals surface area contributed by atoms with Crippen LogP contribution in [0.1, 0.15) is 32.3 Å². The largest absolute Gasteiger partial charge is 0.493 e. The van der Waals surface area contributed by atoms with Gasteiger partial charge in [-0.3, -0.25) is 0 Å². The number of rotatable bonds is 7. The van der Waals surface area contributed by atoms with Crippen molar-refractivity contribution in [2.75, 3.05) is 13.7 Å². The molecule has 3 nitrogen and oxygen atoms in total. The fourth-order valence-electron chi connectivity index (χ4n) is 1.73. The van der Waals surface area contributed by atoms with Crippen molar-refractivity contribution in [3.63, 3.8) is 0 Å². The van der Waals surface area contributed by atoms with E-state index in [9.17, 15) is 0 Å². The summed E-state index contributed by atoms with van der Waals surface area (Å²) < 4.78 is 12.0. The molecule has 102 valence electrons. The zero-order valence-electron chi connectivity index (χ0n) is 11.2. The van der Waals surface area contributed by atoms with Crippen LogP contribution in [-0.2, 0) is 6.61 Å². The molecule has 0 spiro atoms. The summed E-state index contributed by atoms with van der Waals surface area (Å²) in [4.78, 5) is 0. The fourth-order valence-corrected chi connectivity index (χ4v) is 2.33. The number of aliphatic hydroxyl groups excluding tert-OH is 1. The Labute approximate surface area is 117 Å². The standard InChI is InChI=1S/C14H21BrO3/c1-4-10(5-2)9-18-14-12(15)6-11(8-16)7-13(14)17-3/h6-7,10,16H,4-5,8-9H2,1-3H3. The van der Waals surface area contributed by atoms with Crippen molar-refractivity contribution in [2.45, 2.75) is 33.3 Å². The summed E-state index contributed by atoms with van der Waals surface area (Å²) in [6, 6.07) is 3.65. The van der Waals surface area contributed by atoms with Gasteiger partial charge in [0, 0.05) is 0 Å². The lowest BCUT2D eigenvalue weighted by molar-refractivity contribution is 0.228. The lowest BCUT2D eigenvalue weighted by atomic mass is 10.1. The Hall–Kier alpha value is -0.740. The zero-order chi connectivity index (χ0) is 13.5. The van der Waals surface area contributed by atoms with E-state index >= 15 is 0 Å². The number of aliphatic hydroxyl groups is 1. The Morgan fingerprint density at radius 2 is 1.94 bits per heavy atom. The summed E-state index contributed by atoms with van der Waals surface area (Å²) >= 11 is 3.46. The summed E-state index contributed by atoms with van der Waals surface area (Å²) in [5.74, 6) is 1.92. The smallest absolute Gasteiger partial charge is 0.175 e. The van der Waals surface area contributed by atoms with Crippen molar-refractivity contribution >= 4 is 15.9 Å². The molecular formula is C14H21BrO3. The van der Waals surface area contributed by atoms with E-state index in [-0.39, 0.29) is 6.61 Å². The van der Waals surface area contributed by atoms with Crippen molar-refractivity contribution in [1.29, 1.82) is 0 Å². The van der Waals surface area contributed by atoms with E-state index in [1.165, 1.54) is 0 Å². The summed E-state index contributed by atoms with van der Waals surface area (Å²) in [5.41, 5.74) is 0.800. The van der Waals surface area contributed by atoms with Gasteiger partial charge >= 0.3 is 0 Å². The number of ether oxygens (including phenoxy) is 2. The molecule has 4 heteroatoms. The molecule has 1 aromatic carbocycles. The lowest BCUT2D eigenvalue weighted by Gasteiger charge is -2.17. The third-order valence-corrected chi connectivity index (χ3v) is 3.68. The minimum absolute atomic E-state index is 0.0121.